The first kappa shape index (κ1) is 12.7. The summed E-state index contributed by atoms with van der Waals surface area (Å²) in [6.45, 7) is 0.659. The highest BCUT2D eigenvalue weighted by Gasteiger charge is 2.14. The predicted molar refractivity (Wildman–Crippen MR) is 70.1 cm³/mol. The molecule has 1 aliphatic carbocycles. The lowest BCUT2D eigenvalue weighted by Gasteiger charge is -2.15. The Kier molecular flexibility index (Phi) is 4.40. The summed E-state index contributed by atoms with van der Waals surface area (Å²) in [6.07, 6.45) is 9.25. The fourth-order valence-electron chi connectivity index (χ4n) is 2.39. The van der Waals surface area contributed by atoms with Crippen molar-refractivity contribution in [2.24, 2.45) is 5.92 Å². The fraction of sp³-hybridized carbons (Fsp3) is 0.571. The maximum Gasteiger partial charge on any atom is 0.238 e. The summed E-state index contributed by atoms with van der Waals surface area (Å²) in [5, 5.41) is 8.88. The SMILES string of the molecule is N#Cc1ccnc(OCC2CCCCCC2)c1N. The Morgan fingerprint density at radius 2 is 2.06 bits per heavy atom. The van der Waals surface area contributed by atoms with Crippen LogP contribution in [0.1, 0.15) is 44.1 Å². The number of nitrogen functional groups attached to an aromatic ring is 1. The Hall–Kier alpha value is -1.76. The van der Waals surface area contributed by atoms with Crippen LogP contribution in [0.15, 0.2) is 12.3 Å². The maximum absolute atomic E-state index is 8.88. The second-order valence-electron chi connectivity index (χ2n) is 4.86. The molecule has 0 aromatic carbocycles. The standard InChI is InChI=1S/C14H19N3O/c15-9-12-7-8-17-14(13(12)16)18-10-11-5-3-1-2-4-6-11/h7-8,11H,1-6,10,16H2. The van der Waals surface area contributed by atoms with Gasteiger partial charge in [-0.2, -0.15) is 5.26 Å². The van der Waals surface area contributed by atoms with Gasteiger partial charge in [-0.15, -0.1) is 0 Å². The quantitative estimate of drug-likeness (QED) is 0.831. The molecule has 4 nitrogen and oxygen atoms in total. The molecule has 0 unspecified atom stereocenters. The first-order valence-corrected chi connectivity index (χ1v) is 6.58. The number of pyridine rings is 1. The van der Waals surface area contributed by atoms with E-state index in [-0.39, 0.29) is 0 Å². The van der Waals surface area contributed by atoms with E-state index in [2.05, 4.69) is 4.98 Å². The molecule has 0 amide bonds. The summed E-state index contributed by atoms with van der Waals surface area (Å²) in [6, 6.07) is 3.64. The number of hydrogen-bond donors (Lipinski definition) is 1. The second-order valence-corrected chi connectivity index (χ2v) is 4.86. The van der Waals surface area contributed by atoms with E-state index >= 15 is 0 Å². The van der Waals surface area contributed by atoms with E-state index in [1.54, 1.807) is 12.3 Å². The van der Waals surface area contributed by atoms with Gasteiger partial charge in [-0.1, -0.05) is 25.7 Å². The molecule has 2 rings (SSSR count). The van der Waals surface area contributed by atoms with Crippen molar-refractivity contribution >= 4 is 5.69 Å². The molecule has 2 N–H and O–H groups in total. The van der Waals surface area contributed by atoms with Gasteiger partial charge in [0.05, 0.1) is 12.2 Å². The van der Waals surface area contributed by atoms with E-state index in [0.717, 1.165) is 0 Å². The zero-order chi connectivity index (χ0) is 12.8. The molecule has 0 atom stereocenters. The third-order valence-electron chi connectivity index (χ3n) is 3.50. The minimum Gasteiger partial charge on any atom is -0.476 e. The zero-order valence-electron chi connectivity index (χ0n) is 10.6. The minimum absolute atomic E-state index is 0.355. The van der Waals surface area contributed by atoms with Crippen molar-refractivity contribution in [1.29, 1.82) is 5.26 Å². The topological polar surface area (TPSA) is 71.9 Å². The fourth-order valence-corrected chi connectivity index (χ4v) is 2.39. The van der Waals surface area contributed by atoms with Gasteiger partial charge >= 0.3 is 0 Å². The largest absolute Gasteiger partial charge is 0.476 e. The van der Waals surface area contributed by atoms with Crippen LogP contribution >= 0.6 is 0 Å². The van der Waals surface area contributed by atoms with Crippen molar-refractivity contribution in [2.45, 2.75) is 38.5 Å². The van der Waals surface area contributed by atoms with Gasteiger partial charge in [0.2, 0.25) is 5.88 Å². The lowest BCUT2D eigenvalue weighted by atomic mass is 10.0. The molecule has 0 saturated heterocycles. The highest BCUT2D eigenvalue weighted by molar-refractivity contribution is 5.59. The van der Waals surface area contributed by atoms with Crippen LogP contribution in [0, 0.1) is 17.2 Å². The van der Waals surface area contributed by atoms with Gasteiger partial charge in [0, 0.05) is 6.20 Å². The lowest BCUT2D eigenvalue weighted by molar-refractivity contribution is 0.227. The van der Waals surface area contributed by atoms with Crippen LogP contribution in [0.3, 0.4) is 0 Å². The number of nitrogens with two attached hydrogens (primary N) is 1. The summed E-state index contributed by atoms with van der Waals surface area (Å²) < 4.78 is 5.69. The van der Waals surface area contributed by atoms with E-state index in [0.29, 0.717) is 29.7 Å². The van der Waals surface area contributed by atoms with Crippen molar-refractivity contribution in [3.05, 3.63) is 17.8 Å². The molecule has 18 heavy (non-hydrogen) atoms. The monoisotopic (exact) mass is 245 g/mol. The average Bonchev–Trinajstić information content (AvgIpc) is 2.66. The van der Waals surface area contributed by atoms with Gasteiger partial charge in [0.25, 0.3) is 0 Å². The Balaban J connectivity index is 1.95. The highest BCUT2D eigenvalue weighted by Crippen LogP contribution is 2.26. The molecular formula is C14H19N3O. The Labute approximate surface area is 108 Å². The van der Waals surface area contributed by atoms with E-state index < -0.39 is 0 Å². The third-order valence-corrected chi connectivity index (χ3v) is 3.50. The van der Waals surface area contributed by atoms with E-state index in [1.165, 1.54) is 38.5 Å². The Bertz CT molecular complexity index is 431. The van der Waals surface area contributed by atoms with Crippen LogP contribution < -0.4 is 10.5 Å². The number of nitriles is 1. The summed E-state index contributed by atoms with van der Waals surface area (Å²) >= 11 is 0. The Morgan fingerprint density at radius 1 is 1.33 bits per heavy atom. The number of ether oxygens (including phenoxy) is 1. The molecule has 1 aromatic heterocycles. The van der Waals surface area contributed by atoms with Crippen LogP contribution in [0.25, 0.3) is 0 Å². The number of anilines is 1. The number of aromatic nitrogens is 1. The maximum atomic E-state index is 8.88. The van der Waals surface area contributed by atoms with Crippen LogP contribution in [0.5, 0.6) is 5.88 Å². The van der Waals surface area contributed by atoms with Gasteiger partial charge in [-0.3, -0.25) is 0 Å². The van der Waals surface area contributed by atoms with Gasteiger partial charge in [-0.05, 0) is 24.8 Å². The third kappa shape index (κ3) is 3.13. The average molecular weight is 245 g/mol. The van der Waals surface area contributed by atoms with Crippen LogP contribution in [0.2, 0.25) is 0 Å². The van der Waals surface area contributed by atoms with Gasteiger partial charge in [0.15, 0.2) is 0 Å². The molecule has 1 heterocycles. The van der Waals surface area contributed by atoms with Crippen molar-refractivity contribution in [3.63, 3.8) is 0 Å². The second kappa shape index (κ2) is 6.25. The van der Waals surface area contributed by atoms with E-state index in [9.17, 15) is 0 Å². The molecule has 0 radical (unpaired) electrons. The molecule has 1 saturated carbocycles. The minimum atomic E-state index is 0.355. The molecule has 0 spiro atoms. The normalized spacial score (nSPS) is 16.8. The highest BCUT2D eigenvalue weighted by atomic mass is 16.5. The number of hydrogen-bond acceptors (Lipinski definition) is 4. The molecule has 4 heteroatoms. The van der Waals surface area contributed by atoms with Crippen LogP contribution in [0.4, 0.5) is 5.69 Å². The first-order chi connectivity index (χ1) is 8.81. The summed E-state index contributed by atoms with van der Waals surface area (Å²) in [4.78, 5) is 4.10. The number of rotatable bonds is 3. The van der Waals surface area contributed by atoms with Gasteiger partial charge < -0.3 is 10.5 Å². The van der Waals surface area contributed by atoms with Crippen LogP contribution in [-0.4, -0.2) is 11.6 Å². The zero-order valence-corrected chi connectivity index (χ0v) is 10.6. The molecule has 0 aliphatic heterocycles. The lowest BCUT2D eigenvalue weighted by Crippen LogP contribution is -2.13. The Morgan fingerprint density at radius 3 is 2.72 bits per heavy atom. The molecule has 1 aliphatic rings. The van der Waals surface area contributed by atoms with Gasteiger partial charge in [0.1, 0.15) is 11.8 Å². The van der Waals surface area contributed by atoms with E-state index in [4.69, 9.17) is 15.7 Å². The predicted octanol–water partition coefficient (Wildman–Crippen LogP) is 2.88. The van der Waals surface area contributed by atoms with Crippen molar-refractivity contribution < 1.29 is 4.74 Å². The summed E-state index contributed by atoms with van der Waals surface area (Å²) in [7, 11) is 0. The molecule has 96 valence electrons. The first-order valence-electron chi connectivity index (χ1n) is 6.58. The van der Waals surface area contributed by atoms with Crippen molar-refractivity contribution in [1.82, 2.24) is 4.98 Å². The van der Waals surface area contributed by atoms with E-state index in [1.807, 2.05) is 6.07 Å². The summed E-state index contributed by atoms with van der Waals surface area (Å²) in [5.41, 5.74) is 6.62. The molecule has 1 fully saturated rings. The van der Waals surface area contributed by atoms with Crippen molar-refractivity contribution in [3.8, 4) is 11.9 Å². The van der Waals surface area contributed by atoms with Gasteiger partial charge in [-0.25, -0.2) is 4.98 Å². The van der Waals surface area contributed by atoms with Crippen LogP contribution in [-0.2, 0) is 0 Å². The molecular weight excluding hydrogens is 226 g/mol. The summed E-state index contributed by atoms with van der Waals surface area (Å²) in [5.74, 6) is 0.998. The molecule has 1 aromatic rings. The smallest absolute Gasteiger partial charge is 0.238 e. The molecule has 0 bridgehead atoms. The van der Waals surface area contributed by atoms with Crippen molar-refractivity contribution in [2.75, 3.05) is 12.3 Å². The number of nitrogens with zero attached hydrogens (tertiary/aromatic N) is 2.